The summed E-state index contributed by atoms with van der Waals surface area (Å²) in [6, 6.07) is 7.61. The van der Waals surface area contributed by atoms with Crippen LogP contribution in [0.15, 0.2) is 24.3 Å². The number of benzene rings is 1. The van der Waals surface area contributed by atoms with Crippen molar-refractivity contribution >= 4 is 28.4 Å². The van der Waals surface area contributed by atoms with Crippen LogP contribution >= 0.6 is 11.6 Å². The number of aromatic nitrogens is 3. The van der Waals surface area contributed by atoms with Crippen molar-refractivity contribution in [3.8, 4) is 17.3 Å². The molecule has 23 heavy (non-hydrogen) atoms. The number of aromatic amines is 1. The molecule has 118 valence electrons. The summed E-state index contributed by atoms with van der Waals surface area (Å²) in [4.78, 5) is 14.9. The van der Waals surface area contributed by atoms with Gasteiger partial charge in [-0.25, -0.2) is 0 Å². The van der Waals surface area contributed by atoms with Gasteiger partial charge in [0, 0.05) is 16.5 Å². The number of primary amides is 1. The molecule has 0 unspecified atom stereocenters. The highest BCUT2D eigenvalue weighted by Gasteiger charge is 2.28. The fourth-order valence-corrected chi connectivity index (χ4v) is 3.04. The molecule has 0 bridgehead atoms. The molecule has 3 N–H and O–H groups in total. The standard InChI is InChI=1S/C16H15ClN4O2/c1-23-14-7-13(21(20-14)10-2-3-10)12-5-8-4-9(17)6-11(16(18)22)15(8)19-12/h4-7,10,19H,2-3H2,1H3,(H2,18,22). The molecule has 2 heterocycles. The highest BCUT2D eigenvalue weighted by Crippen LogP contribution is 2.40. The van der Waals surface area contributed by atoms with Crippen molar-refractivity contribution < 1.29 is 9.53 Å². The van der Waals surface area contributed by atoms with E-state index >= 15 is 0 Å². The number of halogens is 1. The molecule has 1 saturated carbocycles. The number of hydrogen-bond donors (Lipinski definition) is 2. The Morgan fingerprint density at radius 3 is 2.83 bits per heavy atom. The summed E-state index contributed by atoms with van der Waals surface area (Å²) in [6.45, 7) is 0. The van der Waals surface area contributed by atoms with Crippen molar-refractivity contribution in [3.63, 3.8) is 0 Å². The van der Waals surface area contributed by atoms with Gasteiger partial charge in [0.05, 0.1) is 35.6 Å². The second kappa shape index (κ2) is 5.03. The first-order valence-corrected chi connectivity index (χ1v) is 7.70. The smallest absolute Gasteiger partial charge is 0.250 e. The first-order valence-electron chi connectivity index (χ1n) is 7.33. The highest BCUT2D eigenvalue weighted by molar-refractivity contribution is 6.32. The molecule has 1 aromatic carbocycles. The maximum absolute atomic E-state index is 11.7. The molecule has 1 aliphatic carbocycles. The maximum atomic E-state index is 11.7. The summed E-state index contributed by atoms with van der Waals surface area (Å²) in [5.74, 6) is 0.0536. The highest BCUT2D eigenvalue weighted by atomic mass is 35.5. The minimum atomic E-state index is -0.515. The molecule has 6 nitrogen and oxygen atoms in total. The summed E-state index contributed by atoms with van der Waals surface area (Å²) >= 11 is 6.08. The van der Waals surface area contributed by atoms with E-state index in [-0.39, 0.29) is 0 Å². The number of amides is 1. The Kier molecular flexibility index (Phi) is 3.09. The van der Waals surface area contributed by atoms with Crippen LogP contribution in [0.3, 0.4) is 0 Å². The number of carbonyl (C=O) groups excluding carboxylic acids is 1. The number of methoxy groups -OCH3 is 1. The van der Waals surface area contributed by atoms with Gasteiger partial charge in [-0.3, -0.25) is 9.48 Å². The van der Waals surface area contributed by atoms with E-state index in [2.05, 4.69) is 10.1 Å². The normalized spacial score (nSPS) is 14.3. The van der Waals surface area contributed by atoms with Crippen molar-refractivity contribution in [1.82, 2.24) is 14.8 Å². The van der Waals surface area contributed by atoms with Crippen molar-refractivity contribution in [2.45, 2.75) is 18.9 Å². The van der Waals surface area contributed by atoms with Crippen molar-refractivity contribution in [1.29, 1.82) is 0 Å². The summed E-state index contributed by atoms with van der Waals surface area (Å²) in [7, 11) is 1.60. The van der Waals surface area contributed by atoms with Gasteiger partial charge in [0.15, 0.2) is 0 Å². The predicted octanol–water partition coefficient (Wildman–Crippen LogP) is 3.13. The van der Waals surface area contributed by atoms with Gasteiger partial charge in [-0.1, -0.05) is 11.6 Å². The Labute approximate surface area is 137 Å². The summed E-state index contributed by atoms with van der Waals surface area (Å²) < 4.78 is 7.22. The van der Waals surface area contributed by atoms with Crippen LogP contribution < -0.4 is 10.5 Å². The minimum absolute atomic E-state index is 0.378. The Morgan fingerprint density at radius 2 is 2.17 bits per heavy atom. The van der Waals surface area contributed by atoms with Gasteiger partial charge in [-0.2, -0.15) is 0 Å². The van der Waals surface area contributed by atoms with Gasteiger partial charge < -0.3 is 15.5 Å². The SMILES string of the molecule is COc1cc(-c2cc3cc(Cl)cc(C(N)=O)c3[nH]2)n(C2CC2)n1. The fraction of sp³-hybridized carbons (Fsp3) is 0.250. The van der Waals surface area contributed by atoms with E-state index in [9.17, 15) is 4.79 Å². The van der Waals surface area contributed by atoms with E-state index in [0.717, 1.165) is 29.6 Å². The molecular formula is C16H15ClN4O2. The van der Waals surface area contributed by atoms with Gasteiger partial charge in [0.1, 0.15) is 0 Å². The second-order valence-corrected chi connectivity index (χ2v) is 6.15. The number of ether oxygens (including phenoxy) is 1. The molecule has 1 aliphatic rings. The van der Waals surface area contributed by atoms with Crippen molar-refractivity contribution in [2.75, 3.05) is 7.11 Å². The van der Waals surface area contributed by atoms with Crippen LogP contribution in [0.25, 0.3) is 22.3 Å². The van der Waals surface area contributed by atoms with Crippen molar-refractivity contribution in [2.24, 2.45) is 5.73 Å². The molecule has 3 aromatic rings. The molecule has 0 spiro atoms. The van der Waals surface area contributed by atoms with E-state index in [4.69, 9.17) is 22.1 Å². The fourth-order valence-electron chi connectivity index (χ4n) is 2.81. The van der Waals surface area contributed by atoms with Crippen LogP contribution in [-0.2, 0) is 0 Å². The number of fused-ring (bicyclic) bond motifs is 1. The monoisotopic (exact) mass is 330 g/mol. The number of nitrogens with one attached hydrogen (secondary N) is 1. The lowest BCUT2D eigenvalue weighted by molar-refractivity contribution is 0.100. The molecule has 7 heteroatoms. The molecule has 0 radical (unpaired) electrons. The third-order valence-electron chi connectivity index (χ3n) is 4.05. The van der Waals surface area contributed by atoms with E-state index in [1.807, 2.05) is 16.8 Å². The molecule has 1 amide bonds. The minimum Gasteiger partial charge on any atom is -0.480 e. The Balaban J connectivity index is 1.91. The van der Waals surface area contributed by atoms with Crippen LogP contribution in [0.5, 0.6) is 5.88 Å². The third-order valence-corrected chi connectivity index (χ3v) is 4.27. The van der Waals surface area contributed by atoms with Crippen molar-refractivity contribution in [3.05, 3.63) is 34.9 Å². The Hall–Kier alpha value is -2.47. The molecule has 4 rings (SSSR count). The van der Waals surface area contributed by atoms with Gasteiger partial charge in [0.2, 0.25) is 5.88 Å². The first-order chi connectivity index (χ1) is 11.1. The van der Waals surface area contributed by atoms with Crippen LogP contribution in [-0.4, -0.2) is 27.8 Å². The predicted molar refractivity (Wildman–Crippen MR) is 87.9 cm³/mol. The number of carbonyl (C=O) groups is 1. The summed E-state index contributed by atoms with van der Waals surface area (Å²) in [5.41, 5.74) is 8.29. The first kappa shape index (κ1) is 14.1. The second-order valence-electron chi connectivity index (χ2n) is 5.71. The molecular weight excluding hydrogens is 316 g/mol. The van der Waals surface area contributed by atoms with E-state index < -0.39 is 5.91 Å². The zero-order valence-electron chi connectivity index (χ0n) is 12.5. The molecule has 1 fully saturated rings. The lowest BCUT2D eigenvalue weighted by Crippen LogP contribution is -2.11. The third kappa shape index (κ3) is 2.35. The average Bonchev–Trinajstić information content (AvgIpc) is 3.13. The molecule has 0 aliphatic heterocycles. The van der Waals surface area contributed by atoms with Gasteiger partial charge in [-0.05, 0) is 31.0 Å². The van der Waals surface area contributed by atoms with E-state index in [0.29, 0.717) is 28.0 Å². The molecule has 2 aromatic heterocycles. The topological polar surface area (TPSA) is 85.9 Å². The average molecular weight is 331 g/mol. The summed E-state index contributed by atoms with van der Waals surface area (Å²) in [5, 5.41) is 5.78. The van der Waals surface area contributed by atoms with Gasteiger partial charge in [0.25, 0.3) is 5.91 Å². The van der Waals surface area contributed by atoms with Crippen LogP contribution in [0, 0.1) is 0 Å². The summed E-state index contributed by atoms with van der Waals surface area (Å²) in [6.07, 6.45) is 2.22. The van der Waals surface area contributed by atoms with Crippen LogP contribution in [0.2, 0.25) is 5.02 Å². The Morgan fingerprint density at radius 1 is 1.39 bits per heavy atom. The number of nitrogens with zero attached hydrogens (tertiary/aromatic N) is 2. The quantitative estimate of drug-likeness (QED) is 0.770. The lowest BCUT2D eigenvalue weighted by Gasteiger charge is -2.03. The van der Waals surface area contributed by atoms with Gasteiger partial charge >= 0.3 is 0 Å². The van der Waals surface area contributed by atoms with E-state index in [1.165, 1.54) is 0 Å². The van der Waals surface area contributed by atoms with Gasteiger partial charge in [-0.15, -0.1) is 5.10 Å². The zero-order chi connectivity index (χ0) is 16.1. The molecule has 0 saturated heterocycles. The van der Waals surface area contributed by atoms with Crippen LogP contribution in [0.4, 0.5) is 0 Å². The van der Waals surface area contributed by atoms with E-state index in [1.54, 1.807) is 19.2 Å². The maximum Gasteiger partial charge on any atom is 0.250 e. The number of hydrogen-bond acceptors (Lipinski definition) is 3. The number of rotatable bonds is 4. The largest absolute Gasteiger partial charge is 0.480 e. The molecule has 0 atom stereocenters. The number of nitrogens with two attached hydrogens (primary N) is 1. The lowest BCUT2D eigenvalue weighted by atomic mass is 10.1. The number of H-pyrrole nitrogens is 1. The van der Waals surface area contributed by atoms with Crippen LogP contribution in [0.1, 0.15) is 29.2 Å². The zero-order valence-corrected chi connectivity index (χ0v) is 13.2. The Bertz CT molecular complexity index is 924.